The number of likely N-dealkylation sites (N-methyl/N-ethyl adjacent to an activating group) is 1. The quantitative estimate of drug-likeness (QED) is 0.490. The van der Waals surface area contributed by atoms with Crippen LogP contribution in [0.25, 0.3) is 0 Å². The predicted octanol–water partition coefficient (Wildman–Crippen LogP) is 0.704. The molecule has 0 atom stereocenters. The van der Waals surface area contributed by atoms with E-state index in [0.29, 0.717) is 32.2 Å². The minimum Gasteiger partial charge on any atom is -0.396 e. The lowest BCUT2D eigenvalue weighted by molar-refractivity contribution is -0.385. The number of nitrogen functional groups attached to an aromatic ring is 1. The van der Waals surface area contributed by atoms with Gasteiger partial charge in [0, 0.05) is 26.2 Å². The van der Waals surface area contributed by atoms with Crippen LogP contribution in [0.5, 0.6) is 0 Å². The number of nitrogens with zero attached hydrogens (tertiary/aromatic N) is 3. The van der Waals surface area contributed by atoms with Crippen molar-refractivity contribution in [3.05, 3.63) is 33.6 Å². The van der Waals surface area contributed by atoms with Gasteiger partial charge in [-0.05, 0) is 13.1 Å². The molecule has 0 aliphatic carbocycles. The van der Waals surface area contributed by atoms with Crippen LogP contribution in [0, 0.1) is 15.9 Å². The summed E-state index contributed by atoms with van der Waals surface area (Å²) in [6, 6.07) is 1.73. The lowest BCUT2D eigenvalue weighted by Gasteiger charge is -2.32. The minimum absolute atomic E-state index is 0.168. The van der Waals surface area contributed by atoms with Gasteiger partial charge in [0.25, 0.3) is 11.6 Å². The Hall–Kier alpha value is -2.22. The molecule has 1 aliphatic rings. The molecule has 1 aromatic carbocycles. The third-order valence-electron chi connectivity index (χ3n) is 3.33. The first-order chi connectivity index (χ1) is 9.40. The number of piperazine rings is 1. The number of carbonyl (C=O) groups is 1. The van der Waals surface area contributed by atoms with Crippen LogP contribution in [-0.2, 0) is 0 Å². The molecule has 7 nitrogen and oxygen atoms in total. The predicted molar refractivity (Wildman–Crippen MR) is 70.9 cm³/mol. The van der Waals surface area contributed by atoms with Crippen molar-refractivity contribution in [1.29, 1.82) is 0 Å². The first kappa shape index (κ1) is 14.2. The van der Waals surface area contributed by atoms with E-state index in [9.17, 15) is 19.3 Å². The van der Waals surface area contributed by atoms with Gasteiger partial charge in [0.1, 0.15) is 5.56 Å². The highest BCUT2D eigenvalue weighted by Gasteiger charge is 2.28. The number of nitrogens with two attached hydrogens (primary N) is 1. The number of benzene rings is 1. The fourth-order valence-corrected chi connectivity index (χ4v) is 2.08. The summed E-state index contributed by atoms with van der Waals surface area (Å²) in [7, 11) is 1.93. The van der Waals surface area contributed by atoms with Gasteiger partial charge in [-0.25, -0.2) is 4.39 Å². The molecule has 1 fully saturated rings. The lowest BCUT2D eigenvalue weighted by Crippen LogP contribution is -2.47. The highest BCUT2D eigenvalue weighted by Crippen LogP contribution is 2.26. The van der Waals surface area contributed by atoms with E-state index < -0.39 is 22.3 Å². The Labute approximate surface area is 114 Å². The van der Waals surface area contributed by atoms with E-state index >= 15 is 0 Å². The number of anilines is 1. The second-order valence-corrected chi connectivity index (χ2v) is 4.74. The van der Waals surface area contributed by atoms with Gasteiger partial charge >= 0.3 is 0 Å². The van der Waals surface area contributed by atoms with Crippen LogP contribution >= 0.6 is 0 Å². The molecule has 2 N–H and O–H groups in total. The molecule has 0 aromatic heterocycles. The maximum Gasteiger partial charge on any atom is 0.285 e. The van der Waals surface area contributed by atoms with Crippen LogP contribution in [0.2, 0.25) is 0 Å². The molecule has 0 saturated carbocycles. The third-order valence-corrected chi connectivity index (χ3v) is 3.33. The van der Waals surface area contributed by atoms with Crippen LogP contribution in [0.4, 0.5) is 15.8 Å². The molecular weight excluding hydrogens is 267 g/mol. The molecule has 1 aromatic rings. The summed E-state index contributed by atoms with van der Waals surface area (Å²) in [4.78, 5) is 26.1. The molecule has 0 unspecified atom stereocenters. The van der Waals surface area contributed by atoms with Gasteiger partial charge in [0.15, 0.2) is 5.82 Å². The monoisotopic (exact) mass is 282 g/mol. The maximum absolute atomic E-state index is 13.3. The largest absolute Gasteiger partial charge is 0.396 e. The molecule has 1 amide bonds. The van der Waals surface area contributed by atoms with E-state index in [1.807, 2.05) is 7.05 Å². The van der Waals surface area contributed by atoms with Gasteiger partial charge in [-0.1, -0.05) is 0 Å². The standard InChI is InChI=1S/C12H15FN4O3/c1-15-2-4-16(5-3-15)12(18)8-6-10(14)9(13)7-11(8)17(19)20/h6-7H,2-5,14H2,1H3. The van der Waals surface area contributed by atoms with E-state index in [1.165, 1.54) is 4.90 Å². The number of rotatable bonds is 2. The molecule has 1 heterocycles. The van der Waals surface area contributed by atoms with E-state index in [-0.39, 0.29) is 11.3 Å². The van der Waals surface area contributed by atoms with Gasteiger partial charge in [0.05, 0.1) is 16.7 Å². The lowest BCUT2D eigenvalue weighted by atomic mass is 10.1. The number of nitro groups is 1. The van der Waals surface area contributed by atoms with E-state index in [4.69, 9.17) is 5.73 Å². The molecule has 0 bridgehead atoms. The van der Waals surface area contributed by atoms with Crippen molar-refractivity contribution in [2.45, 2.75) is 0 Å². The number of hydrogen-bond donors (Lipinski definition) is 1. The van der Waals surface area contributed by atoms with Gasteiger partial charge in [-0.15, -0.1) is 0 Å². The summed E-state index contributed by atoms with van der Waals surface area (Å²) >= 11 is 0. The van der Waals surface area contributed by atoms with Gasteiger partial charge in [0.2, 0.25) is 0 Å². The fraction of sp³-hybridized carbons (Fsp3) is 0.417. The van der Waals surface area contributed by atoms with Crippen LogP contribution in [-0.4, -0.2) is 53.9 Å². The SMILES string of the molecule is CN1CCN(C(=O)c2cc(N)c(F)cc2[N+](=O)[O-])CC1. The van der Waals surface area contributed by atoms with Crippen LogP contribution in [0.1, 0.15) is 10.4 Å². The highest BCUT2D eigenvalue weighted by atomic mass is 19.1. The first-order valence-electron chi connectivity index (χ1n) is 6.11. The molecule has 20 heavy (non-hydrogen) atoms. The summed E-state index contributed by atoms with van der Waals surface area (Å²) in [5.74, 6) is -1.39. The topological polar surface area (TPSA) is 92.7 Å². The summed E-state index contributed by atoms with van der Waals surface area (Å²) in [5, 5.41) is 10.9. The minimum atomic E-state index is -0.897. The number of hydrogen-bond acceptors (Lipinski definition) is 5. The Morgan fingerprint density at radius 3 is 2.50 bits per heavy atom. The zero-order valence-corrected chi connectivity index (χ0v) is 11.0. The molecule has 8 heteroatoms. The molecule has 1 saturated heterocycles. The van der Waals surface area contributed by atoms with Crippen LogP contribution in [0.3, 0.4) is 0 Å². The Bertz CT molecular complexity index is 556. The molecule has 1 aliphatic heterocycles. The first-order valence-corrected chi connectivity index (χ1v) is 6.11. The molecule has 108 valence electrons. The number of carbonyl (C=O) groups excluding carboxylic acids is 1. The van der Waals surface area contributed by atoms with Crippen LogP contribution in [0.15, 0.2) is 12.1 Å². The molecular formula is C12H15FN4O3. The fourth-order valence-electron chi connectivity index (χ4n) is 2.08. The normalized spacial score (nSPS) is 16.2. The molecule has 0 spiro atoms. The van der Waals surface area contributed by atoms with Crippen LogP contribution < -0.4 is 5.73 Å². The van der Waals surface area contributed by atoms with Crippen molar-refractivity contribution < 1.29 is 14.1 Å². The Morgan fingerprint density at radius 1 is 1.35 bits per heavy atom. The van der Waals surface area contributed by atoms with Crippen molar-refractivity contribution >= 4 is 17.3 Å². The Morgan fingerprint density at radius 2 is 1.95 bits per heavy atom. The Kier molecular flexibility index (Phi) is 3.84. The van der Waals surface area contributed by atoms with Gasteiger partial charge < -0.3 is 15.5 Å². The summed E-state index contributed by atoms with van der Waals surface area (Å²) < 4.78 is 13.3. The zero-order chi connectivity index (χ0) is 14.9. The second kappa shape index (κ2) is 5.41. The van der Waals surface area contributed by atoms with Crippen molar-refractivity contribution in [3.63, 3.8) is 0 Å². The third kappa shape index (κ3) is 2.69. The van der Waals surface area contributed by atoms with Gasteiger partial charge in [-0.2, -0.15) is 0 Å². The van der Waals surface area contributed by atoms with E-state index in [0.717, 1.165) is 6.07 Å². The summed E-state index contributed by atoms with van der Waals surface area (Å²) in [6.45, 7) is 2.33. The average molecular weight is 282 g/mol. The van der Waals surface area contributed by atoms with Crippen molar-refractivity contribution in [1.82, 2.24) is 9.80 Å². The average Bonchev–Trinajstić information content (AvgIpc) is 2.41. The van der Waals surface area contributed by atoms with E-state index in [2.05, 4.69) is 4.90 Å². The Balaban J connectivity index is 2.34. The summed E-state index contributed by atoms with van der Waals surface area (Å²) in [6.07, 6.45) is 0. The van der Waals surface area contributed by atoms with Crippen molar-refractivity contribution in [2.75, 3.05) is 39.0 Å². The van der Waals surface area contributed by atoms with Crippen molar-refractivity contribution in [3.8, 4) is 0 Å². The number of amides is 1. The smallest absolute Gasteiger partial charge is 0.285 e. The zero-order valence-electron chi connectivity index (χ0n) is 11.0. The molecule has 0 radical (unpaired) electrons. The number of nitro benzene ring substituents is 1. The highest BCUT2D eigenvalue weighted by molar-refractivity contribution is 5.99. The van der Waals surface area contributed by atoms with Crippen molar-refractivity contribution in [2.24, 2.45) is 0 Å². The number of halogens is 1. The van der Waals surface area contributed by atoms with E-state index in [1.54, 1.807) is 0 Å². The molecule has 2 rings (SSSR count). The summed E-state index contributed by atoms with van der Waals surface area (Å²) in [5.41, 5.74) is 4.41. The maximum atomic E-state index is 13.3. The van der Waals surface area contributed by atoms with Gasteiger partial charge in [-0.3, -0.25) is 14.9 Å². The second-order valence-electron chi connectivity index (χ2n) is 4.74.